The summed E-state index contributed by atoms with van der Waals surface area (Å²) in [5, 5.41) is 0. The molecule has 0 saturated carbocycles. The average molecular weight is 224 g/mol. The van der Waals surface area contributed by atoms with Crippen LogP contribution in [0.4, 0.5) is 5.69 Å². The Kier molecular flexibility index (Phi) is 3.06. The van der Waals surface area contributed by atoms with E-state index in [0.29, 0.717) is 0 Å². The molecule has 0 aliphatic heterocycles. The second-order valence-electron chi connectivity index (χ2n) is 3.65. The minimum absolute atomic E-state index is 0.158. The quantitative estimate of drug-likeness (QED) is 0.720. The fourth-order valence-corrected chi connectivity index (χ4v) is 1.79. The highest BCUT2D eigenvalue weighted by atomic mass is 16.1. The molecule has 0 atom stereocenters. The van der Waals surface area contributed by atoms with Gasteiger partial charge in [0.1, 0.15) is 0 Å². The number of pyridine rings is 1. The molecular weight excluding hydrogens is 212 g/mol. The molecule has 0 unspecified atom stereocenters. The van der Waals surface area contributed by atoms with Gasteiger partial charge in [0, 0.05) is 11.4 Å². The molecule has 2 rings (SSSR count). The number of rotatable bonds is 2. The van der Waals surface area contributed by atoms with E-state index < -0.39 is 0 Å². The second kappa shape index (κ2) is 4.67. The fourth-order valence-electron chi connectivity index (χ4n) is 1.79. The van der Waals surface area contributed by atoms with E-state index in [9.17, 15) is 4.79 Å². The molecule has 1 aromatic heterocycles. The van der Waals surface area contributed by atoms with Crippen LogP contribution in [-0.4, -0.2) is 4.57 Å². The number of hydrogen-bond acceptors (Lipinski definition) is 1. The maximum atomic E-state index is 12.1. The van der Waals surface area contributed by atoms with E-state index in [-0.39, 0.29) is 11.2 Å². The van der Waals surface area contributed by atoms with Gasteiger partial charge < -0.3 is 0 Å². The van der Waals surface area contributed by atoms with Crippen LogP contribution in [-0.2, 0) is 6.42 Å². The van der Waals surface area contributed by atoms with E-state index in [4.69, 9.17) is 6.57 Å². The number of aromatic nitrogens is 1. The summed E-state index contributed by atoms with van der Waals surface area (Å²) < 4.78 is 1.60. The largest absolute Gasteiger partial charge is 0.290 e. The molecule has 0 radical (unpaired) electrons. The molecule has 2 aromatic rings. The van der Waals surface area contributed by atoms with Crippen LogP contribution in [0.5, 0.6) is 0 Å². The molecule has 3 nitrogen and oxygen atoms in total. The lowest BCUT2D eigenvalue weighted by Crippen LogP contribution is -2.20. The molecule has 0 aliphatic carbocycles. The van der Waals surface area contributed by atoms with Crippen molar-refractivity contribution >= 4 is 5.69 Å². The van der Waals surface area contributed by atoms with Crippen LogP contribution in [0.2, 0.25) is 0 Å². The molecule has 0 saturated heterocycles. The summed E-state index contributed by atoms with van der Waals surface area (Å²) in [4.78, 5) is 15.4. The number of aryl methyl sites for hydroxylation is 1. The van der Waals surface area contributed by atoms with Crippen LogP contribution >= 0.6 is 0 Å². The summed E-state index contributed by atoms with van der Waals surface area (Å²) >= 11 is 0. The lowest BCUT2D eigenvalue weighted by molar-refractivity contribution is 0.881. The highest BCUT2D eigenvalue weighted by molar-refractivity contribution is 5.46. The normalized spacial score (nSPS) is 9.88. The zero-order valence-electron chi connectivity index (χ0n) is 9.55. The maximum absolute atomic E-state index is 12.1. The van der Waals surface area contributed by atoms with Gasteiger partial charge >= 0.3 is 0 Å². The van der Waals surface area contributed by atoms with Gasteiger partial charge in [-0.05, 0) is 24.6 Å². The SMILES string of the molecule is [C-]#[N+]c1ccc(CC)n(-c2ccccc2)c1=O. The van der Waals surface area contributed by atoms with Crippen LogP contribution in [0.15, 0.2) is 47.3 Å². The fraction of sp³-hybridized carbons (Fsp3) is 0.143. The summed E-state index contributed by atoms with van der Waals surface area (Å²) in [6, 6.07) is 12.8. The Morgan fingerprint density at radius 1 is 1.18 bits per heavy atom. The Morgan fingerprint density at radius 2 is 1.88 bits per heavy atom. The molecule has 0 fully saturated rings. The molecule has 3 heteroatoms. The summed E-state index contributed by atoms with van der Waals surface area (Å²) in [6.45, 7) is 8.97. The van der Waals surface area contributed by atoms with Crippen molar-refractivity contribution in [2.75, 3.05) is 0 Å². The standard InChI is InChI=1S/C14H12N2O/c1-3-11-9-10-13(15-2)14(17)16(11)12-7-5-4-6-8-12/h4-10H,3H2,1H3. The minimum Gasteiger partial charge on any atom is -0.290 e. The van der Waals surface area contributed by atoms with Crippen LogP contribution in [0.3, 0.4) is 0 Å². The van der Waals surface area contributed by atoms with E-state index in [1.807, 2.05) is 43.3 Å². The Bertz CT molecular complexity index is 621. The summed E-state index contributed by atoms with van der Waals surface area (Å²) in [5.74, 6) is 0. The third-order valence-electron chi connectivity index (χ3n) is 2.64. The van der Waals surface area contributed by atoms with E-state index in [2.05, 4.69) is 4.85 Å². The highest BCUT2D eigenvalue weighted by Gasteiger charge is 2.08. The Morgan fingerprint density at radius 3 is 2.47 bits per heavy atom. The van der Waals surface area contributed by atoms with Crippen LogP contribution < -0.4 is 5.56 Å². The zero-order chi connectivity index (χ0) is 12.3. The predicted molar refractivity (Wildman–Crippen MR) is 67.7 cm³/mol. The zero-order valence-corrected chi connectivity index (χ0v) is 9.55. The van der Waals surface area contributed by atoms with Gasteiger partial charge in [-0.1, -0.05) is 31.2 Å². The van der Waals surface area contributed by atoms with Gasteiger partial charge in [-0.2, -0.15) is 0 Å². The lowest BCUT2D eigenvalue weighted by atomic mass is 10.2. The Hall–Kier alpha value is -2.34. The van der Waals surface area contributed by atoms with Crippen molar-refractivity contribution in [2.45, 2.75) is 13.3 Å². The smallest absolute Gasteiger partial charge is 0.261 e. The number of nitrogens with zero attached hydrogens (tertiary/aromatic N) is 2. The second-order valence-corrected chi connectivity index (χ2v) is 3.65. The third-order valence-corrected chi connectivity index (χ3v) is 2.64. The van der Waals surface area contributed by atoms with Crippen LogP contribution in [0.25, 0.3) is 10.5 Å². The van der Waals surface area contributed by atoms with Crippen molar-refractivity contribution < 1.29 is 0 Å². The van der Waals surface area contributed by atoms with Crippen molar-refractivity contribution in [3.63, 3.8) is 0 Å². The summed E-state index contributed by atoms with van der Waals surface area (Å²) in [5.41, 5.74) is 1.63. The third kappa shape index (κ3) is 1.98. The van der Waals surface area contributed by atoms with Gasteiger partial charge in [0.05, 0.1) is 6.57 Å². The van der Waals surface area contributed by atoms with Crippen molar-refractivity contribution in [1.82, 2.24) is 4.57 Å². The van der Waals surface area contributed by atoms with Crippen molar-refractivity contribution in [3.05, 3.63) is 69.9 Å². The topological polar surface area (TPSA) is 26.4 Å². The lowest BCUT2D eigenvalue weighted by Gasteiger charge is -2.11. The van der Waals surface area contributed by atoms with Crippen LogP contribution in [0.1, 0.15) is 12.6 Å². The molecule has 0 spiro atoms. The van der Waals surface area contributed by atoms with Crippen molar-refractivity contribution in [2.24, 2.45) is 0 Å². The van der Waals surface area contributed by atoms with Gasteiger partial charge in [-0.15, -0.1) is 0 Å². The molecule has 1 heterocycles. The summed E-state index contributed by atoms with van der Waals surface area (Å²) in [6.07, 6.45) is 0.752. The summed E-state index contributed by atoms with van der Waals surface area (Å²) in [7, 11) is 0. The molecule has 0 amide bonds. The minimum atomic E-state index is -0.245. The van der Waals surface area contributed by atoms with Gasteiger partial charge in [0.2, 0.25) is 0 Å². The highest BCUT2D eigenvalue weighted by Crippen LogP contribution is 2.13. The van der Waals surface area contributed by atoms with Crippen molar-refractivity contribution in [1.29, 1.82) is 0 Å². The number of hydrogen-bond donors (Lipinski definition) is 0. The molecule has 84 valence electrons. The average Bonchev–Trinajstić information content (AvgIpc) is 2.39. The first kappa shape index (κ1) is 11.2. The Balaban J connectivity index is 2.76. The van der Waals surface area contributed by atoms with Gasteiger partial charge in [0.15, 0.2) is 0 Å². The first-order valence-electron chi connectivity index (χ1n) is 5.45. The predicted octanol–water partition coefficient (Wildman–Crippen LogP) is 2.95. The van der Waals surface area contributed by atoms with E-state index in [1.54, 1.807) is 10.6 Å². The van der Waals surface area contributed by atoms with Gasteiger partial charge in [-0.3, -0.25) is 9.36 Å². The molecule has 0 aliphatic rings. The monoisotopic (exact) mass is 224 g/mol. The van der Waals surface area contributed by atoms with Crippen molar-refractivity contribution in [3.8, 4) is 5.69 Å². The van der Waals surface area contributed by atoms with E-state index >= 15 is 0 Å². The number of para-hydroxylation sites is 1. The number of benzene rings is 1. The molecule has 17 heavy (non-hydrogen) atoms. The van der Waals surface area contributed by atoms with E-state index in [0.717, 1.165) is 17.8 Å². The maximum Gasteiger partial charge on any atom is 0.261 e. The van der Waals surface area contributed by atoms with Crippen LogP contribution in [0, 0.1) is 6.57 Å². The van der Waals surface area contributed by atoms with Gasteiger partial charge in [0.25, 0.3) is 11.2 Å². The van der Waals surface area contributed by atoms with Gasteiger partial charge in [-0.25, -0.2) is 4.85 Å². The molecular formula is C14H12N2O. The molecule has 0 N–H and O–H groups in total. The molecule has 1 aromatic carbocycles. The first-order valence-corrected chi connectivity index (χ1v) is 5.45. The van der Waals surface area contributed by atoms with E-state index in [1.165, 1.54) is 0 Å². The molecule has 0 bridgehead atoms. The first-order chi connectivity index (χ1) is 8.27. The Labute approximate surface area is 99.8 Å².